The van der Waals surface area contributed by atoms with E-state index in [2.05, 4.69) is 48.4 Å². The van der Waals surface area contributed by atoms with Crippen LogP contribution >= 0.6 is 0 Å². The summed E-state index contributed by atoms with van der Waals surface area (Å²) in [6, 6.07) is 6.77. The largest absolute Gasteiger partial charge is 0.326 e. The van der Waals surface area contributed by atoms with Gasteiger partial charge in [-0.1, -0.05) is 26.8 Å². The van der Waals surface area contributed by atoms with Crippen LogP contribution in [0.5, 0.6) is 0 Å². The Kier molecular flexibility index (Phi) is 4.17. The van der Waals surface area contributed by atoms with E-state index in [-0.39, 0.29) is 0 Å². The average molecular weight is 324 g/mol. The van der Waals surface area contributed by atoms with Crippen molar-refractivity contribution in [3.05, 3.63) is 29.6 Å². The van der Waals surface area contributed by atoms with Crippen LogP contribution in [0.15, 0.2) is 23.2 Å². The molecule has 0 bridgehead atoms. The molecular weight excluding hydrogens is 296 g/mol. The molecule has 4 nitrogen and oxygen atoms in total. The van der Waals surface area contributed by atoms with E-state index in [4.69, 9.17) is 9.98 Å². The standard InChI is InChI=1S/C20H28N4/c1-4-23-9-10-24-19-8-6-16(17-7-5-14(2)12-21-17)11-18(19)22-20(24)15(3)13-23/h6,8,11,14-15H,4-5,7,9-10,12-13H2,1-3H3/t14-,15?/m0/s1. The third-order valence-electron chi connectivity index (χ3n) is 5.64. The minimum Gasteiger partial charge on any atom is -0.326 e. The van der Waals surface area contributed by atoms with Crippen LogP contribution in [0.1, 0.15) is 50.9 Å². The monoisotopic (exact) mass is 324 g/mol. The Morgan fingerprint density at radius 3 is 2.83 bits per heavy atom. The Bertz CT molecular complexity index is 773. The molecule has 0 N–H and O–H groups in total. The minimum absolute atomic E-state index is 0.483. The van der Waals surface area contributed by atoms with Crippen molar-refractivity contribution in [1.29, 1.82) is 0 Å². The molecule has 1 aromatic heterocycles. The Morgan fingerprint density at radius 2 is 2.08 bits per heavy atom. The van der Waals surface area contributed by atoms with Gasteiger partial charge >= 0.3 is 0 Å². The van der Waals surface area contributed by atoms with Crippen LogP contribution in [-0.2, 0) is 6.54 Å². The lowest BCUT2D eigenvalue weighted by molar-refractivity contribution is 0.281. The van der Waals surface area contributed by atoms with Crippen LogP contribution in [0.2, 0.25) is 0 Å². The van der Waals surface area contributed by atoms with Gasteiger partial charge in [0, 0.05) is 37.8 Å². The third-order valence-corrected chi connectivity index (χ3v) is 5.64. The number of imidazole rings is 1. The smallest absolute Gasteiger partial charge is 0.114 e. The number of likely N-dealkylation sites (N-methyl/N-ethyl adjacent to an activating group) is 1. The third kappa shape index (κ3) is 2.77. The van der Waals surface area contributed by atoms with E-state index in [1.807, 2.05) is 0 Å². The number of fused-ring (bicyclic) bond motifs is 3. The molecule has 0 saturated heterocycles. The Hall–Kier alpha value is -1.68. The lowest BCUT2D eigenvalue weighted by Crippen LogP contribution is -2.27. The molecule has 3 heterocycles. The van der Waals surface area contributed by atoms with Crippen LogP contribution in [0, 0.1) is 5.92 Å². The summed E-state index contributed by atoms with van der Waals surface area (Å²) in [7, 11) is 0. The zero-order valence-corrected chi connectivity index (χ0v) is 15.1. The number of hydrogen-bond donors (Lipinski definition) is 0. The normalized spacial score (nSPS) is 25.4. The maximum atomic E-state index is 5.01. The van der Waals surface area contributed by atoms with E-state index in [0.29, 0.717) is 5.92 Å². The van der Waals surface area contributed by atoms with Gasteiger partial charge in [-0.25, -0.2) is 4.98 Å². The maximum absolute atomic E-state index is 5.01. The second-order valence-electron chi connectivity index (χ2n) is 7.55. The van der Waals surface area contributed by atoms with Crippen LogP contribution in [0.3, 0.4) is 0 Å². The van der Waals surface area contributed by atoms with Gasteiger partial charge in [-0.15, -0.1) is 0 Å². The van der Waals surface area contributed by atoms with Crippen molar-refractivity contribution in [1.82, 2.24) is 14.5 Å². The highest BCUT2D eigenvalue weighted by atomic mass is 15.2. The first-order valence-corrected chi connectivity index (χ1v) is 9.42. The van der Waals surface area contributed by atoms with Crippen LogP contribution in [-0.4, -0.2) is 46.3 Å². The zero-order valence-electron chi connectivity index (χ0n) is 15.1. The molecule has 2 atom stereocenters. The van der Waals surface area contributed by atoms with E-state index in [1.54, 1.807) is 0 Å². The lowest BCUT2D eigenvalue weighted by atomic mass is 9.96. The topological polar surface area (TPSA) is 33.4 Å². The summed E-state index contributed by atoms with van der Waals surface area (Å²) in [6.45, 7) is 12.2. The first-order chi connectivity index (χ1) is 11.7. The minimum atomic E-state index is 0.483. The molecule has 4 heteroatoms. The van der Waals surface area contributed by atoms with Crippen molar-refractivity contribution in [2.75, 3.05) is 26.2 Å². The molecule has 0 fully saturated rings. The second kappa shape index (κ2) is 6.32. The molecule has 0 radical (unpaired) electrons. The van der Waals surface area contributed by atoms with Crippen LogP contribution < -0.4 is 0 Å². The van der Waals surface area contributed by atoms with Gasteiger partial charge in [-0.05, 0) is 43.0 Å². The van der Waals surface area contributed by atoms with E-state index in [0.717, 1.165) is 50.6 Å². The fraction of sp³-hybridized carbons (Fsp3) is 0.600. The second-order valence-corrected chi connectivity index (χ2v) is 7.55. The molecule has 2 aliphatic heterocycles. The van der Waals surface area contributed by atoms with Gasteiger partial charge in [0.2, 0.25) is 0 Å². The highest BCUT2D eigenvalue weighted by Gasteiger charge is 2.23. The predicted molar refractivity (Wildman–Crippen MR) is 100 cm³/mol. The van der Waals surface area contributed by atoms with Gasteiger partial charge in [-0.3, -0.25) is 4.99 Å². The summed E-state index contributed by atoms with van der Waals surface area (Å²) >= 11 is 0. The first kappa shape index (κ1) is 15.8. The first-order valence-electron chi connectivity index (χ1n) is 9.42. The van der Waals surface area contributed by atoms with Gasteiger partial charge < -0.3 is 9.47 Å². The molecule has 2 aromatic rings. The average Bonchev–Trinajstić information content (AvgIpc) is 2.89. The van der Waals surface area contributed by atoms with Crippen LogP contribution in [0.25, 0.3) is 11.0 Å². The molecular formula is C20H28N4. The molecule has 1 unspecified atom stereocenters. The number of hydrogen-bond acceptors (Lipinski definition) is 3. The van der Waals surface area contributed by atoms with Crippen molar-refractivity contribution in [3.8, 4) is 0 Å². The van der Waals surface area contributed by atoms with E-state index >= 15 is 0 Å². The van der Waals surface area contributed by atoms with Crippen molar-refractivity contribution in [2.24, 2.45) is 10.9 Å². The van der Waals surface area contributed by atoms with E-state index in [1.165, 1.54) is 29.0 Å². The summed E-state index contributed by atoms with van der Waals surface area (Å²) in [6.07, 6.45) is 2.35. The number of nitrogens with zero attached hydrogens (tertiary/aromatic N) is 4. The van der Waals surface area contributed by atoms with E-state index in [9.17, 15) is 0 Å². The van der Waals surface area contributed by atoms with E-state index < -0.39 is 0 Å². The van der Waals surface area contributed by atoms with Gasteiger partial charge in [0.1, 0.15) is 5.82 Å². The quantitative estimate of drug-likeness (QED) is 0.844. The molecule has 1 aromatic carbocycles. The van der Waals surface area contributed by atoms with Crippen molar-refractivity contribution < 1.29 is 0 Å². The zero-order chi connectivity index (χ0) is 16.7. The summed E-state index contributed by atoms with van der Waals surface area (Å²) in [5, 5.41) is 0. The van der Waals surface area contributed by atoms with Gasteiger partial charge in [-0.2, -0.15) is 0 Å². The van der Waals surface area contributed by atoms with Crippen molar-refractivity contribution in [2.45, 2.75) is 46.1 Å². The van der Waals surface area contributed by atoms with Crippen LogP contribution in [0.4, 0.5) is 0 Å². The summed E-state index contributed by atoms with van der Waals surface area (Å²) in [5.41, 5.74) is 4.96. The molecule has 4 rings (SSSR count). The van der Waals surface area contributed by atoms with Gasteiger partial charge in [0.25, 0.3) is 0 Å². The number of aliphatic imine (C=N–C) groups is 1. The Balaban J connectivity index is 1.71. The molecule has 128 valence electrons. The Labute approximate surface area is 144 Å². The predicted octanol–water partition coefficient (Wildman–Crippen LogP) is 3.69. The fourth-order valence-electron chi connectivity index (χ4n) is 4.08. The maximum Gasteiger partial charge on any atom is 0.114 e. The molecule has 24 heavy (non-hydrogen) atoms. The van der Waals surface area contributed by atoms with Gasteiger partial charge in [0.15, 0.2) is 0 Å². The SMILES string of the molecule is CCN1CCn2c(nc3cc(C4=NC[C@@H](C)CC4)ccc32)C(C)C1. The summed E-state index contributed by atoms with van der Waals surface area (Å²) < 4.78 is 2.43. The van der Waals surface area contributed by atoms with Crippen molar-refractivity contribution >= 4 is 16.7 Å². The highest BCUT2D eigenvalue weighted by molar-refractivity contribution is 6.03. The Morgan fingerprint density at radius 1 is 1.21 bits per heavy atom. The van der Waals surface area contributed by atoms with Gasteiger partial charge in [0.05, 0.1) is 11.0 Å². The number of aromatic nitrogens is 2. The fourth-order valence-corrected chi connectivity index (χ4v) is 4.08. The highest BCUT2D eigenvalue weighted by Crippen LogP contribution is 2.27. The molecule has 0 spiro atoms. The summed E-state index contributed by atoms with van der Waals surface area (Å²) in [4.78, 5) is 12.3. The van der Waals surface area contributed by atoms with Crippen molar-refractivity contribution in [3.63, 3.8) is 0 Å². The lowest BCUT2D eigenvalue weighted by Gasteiger charge is -2.19. The molecule has 0 amide bonds. The summed E-state index contributed by atoms with van der Waals surface area (Å²) in [5.74, 6) is 2.46. The number of rotatable bonds is 2. The molecule has 2 aliphatic rings. The molecule has 0 saturated carbocycles. The number of benzene rings is 1. The molecule has 0 aliphatic carbocycles.